The zero-order chi connectivity index (χ0) is 9.84. The van der Waals surface area contributed by atoms with E-state index < -0.39 is 0 Å². The fourth-order valence-corrected chi connectivity index (χ4v) is 2.31. The van der Waals surface area contributed by atoms with Gasteiger partial charge in [0.25, 0.3) is 0 Å². The van der Waals surface area contributed by atoms with Gasteiger partial charge in [-0.3, -0.25) is 4.90 Å². The van der Waals surface area contributed by atoms with Gasteiger partial charge in [-0.1, -0.05) is 13.8 Å². The van der Waals surface area contributed by atoms with E-state index in [0.717, 1.165) is 18.6 Å². The molecule has 0 radical (unpaired) electrons. The van der Waals surface area contributed by atoms with E-state index in [1.165, 1.54) is 19.3 Å². The second kappa shape index (κ2) is 4.97. The largest absolute Gasteiger partial charge is 0.396 e. The van der Waals surface area contributed by atoms with E-state index in [2.05, 4.69) is 25.7 Å². The summed E-state index contributed by atoms with van der Waals surface area (Å²) in [5, 5.41) is 9.01. The minimum absolute atomic E-state index is 0.319. The first-order valence-corrected chi connectivity index (χ1v) is 5.55. The van der Waals surface area contributed by atoms with Gasteiger partial charge in [0.15, 0.2) is 0 Å². The predicted octanol–water partition coefficient (Wildman–Crippen LogP) is 1.88. The highest BCUT2D eigenvalue weighted by molar-refractivity contribution is 4.84. The van der Waals surface area contributed by atoms with Gasteiger partial charge in [0.2, 0.25) is 0 Å². The lowest BCUT2D eigenvalue weighted by molar-refractivity contribution is 0.136. The van der Waals surface area contributed by atoms with Crippen molar-refractivity contribution in [1.82, 2.24) is 4.90 Å². The summed E-state index contributed by atoms with van der Waals surface area (Å²) in [5.74, 6) is 0.426. The first-order chi connectivity index (χ1) is 6.19. The van der Waals surface area contributed by atoms with Crippen molar-refractivity contribution >= 4 is 0 Å². The molecule has 3 unspecified atom stereocenters. The summed E-state index contributed by atoms with van der Waals surface area (Å²) in [6.07, 6.45) is 3.93. The van der Waals surface area contributed by atoms with Gasteiger partial charge in [-0.25, -0.2) is 0 Å². The molecule has 0 saturated carbocycles. The van der Waals surface area contributed by atoms with Crippen LogP contribution >= 0.6 is 0 Å². The third-order valence-corrected chi connectivity index (χ3v) is 3.26. The molecule has 78 valence electrons. The van der Waals surface area contributed by atoms with E-state index in [-0.39, 0.29) is 0 Å². The van der Waals surface area contributed by atoms with E-state index in [9.17, 15) is 0 Å². The van der Waals surface area contributed by atoms with E-state index >= 15 is 0 Å². The van der Waals surface area contributed by atoms with Crippen molar-refractivity contribution in [1.29, 1.82) is 0 Å². The number of rotatable bonds is 4. The van der Waals surface area contributed by atoms with Gasteiger partial charge < -0.3 is 5.11 Å². The normalized spacial score (nSPS) is 32.3. The first-order valence-electron chi connectivity index (χ1n) is 5.55. The molecule has 0 spiro atoms. The Morgan fingerprint density at radius 2 is 2.15 bits per heavy atom. The summed E-state index contributed by atoms with van der Waals surface area (Å²) < 4.78 is 0. The number of hydrogen-bond donors (Lipinski definition) is 1. The number of aliphatic hydroxyl groups is 1. The fourth-order valence-electron chi connectivity index (χ4n) is 2.31. The molecule has 3 atom stereocenters. The van der Waals surface area contributed by atoms with Crippen molar-refractivity contribution < 1.29 is 5.11 Å². The molecule has 0 aromatic rings. The van der Waals surface area contributed by atoms with Crippen LogP contribution in [-0.4, -0.2) is 35.2 Å². The number of aliphatic hydroxyl groups excluding tert-OH is 1. The molecule has 1 fully saturated rings. The van der Waals surface area contributed by atoms with Crippen molar-refractivity contribution in [2.45, 2.75) is 52.1 Å². The van der Waals surface area contributed by atoms with Gasteiger partial charge >= 0.3 is 0 Å². The minimum atomic E-state index is 0.319. The Morgan fingerprint density at radius 3 is 2.69 bits per heavy atom. The van der Waals surface area contributed by atoms with Crippen molar-refractivity contribution in [2.75, 3.05) is 13.2 Å². The second-order valence-corrected chi connectivity index (χ2v) is 4.47. The lowest BCUT2D eigenvalue weighted by Crippen LogP contribution is -2.38. The van der Waals surface area contributed by atoms with Gasteiger partial charge in [0, 0.05) is 25.2 Å². The summed E-state index contributed by atoms with van der Waals surface area (Å²) in [6, 6.07) is 1.49. The Balaban J connectivity index is 2.44. The van der Waals surface area contributed by atoms with E-state index in [1.807, 2.05) is 0 Å². The van der Waals surface area contributed by atoms with Crippen LogP contribution < -0.4 is 0 Å². The van der Waals surface area contributed by atoms with Crippen LogP contribution in [0.15, 0.2) is 0 Å². The smallest absolute Gasteiger partial charge is 0.0468 e. The van der Waals surface area contributed by atoms with Crippen LogP contribution in [0.25, 0.3) is 0 Å². The molecule has 1 rings (SSSR count). The third-order valence-electron chi connectivity index (χ3n) is 3.26. The van der Waals surface area contributed by atoms with Crippen LogP contribution in [0.5, 0.6) is 0 Å². The Labute approximate surface area is 81.9 Å². The van der Waals surface area contributed by atoms with Crippen LogP contribution in [0.2, 0.25) is 0 Å². The standard InChI is InChI=1S/C11H23NO/c1-4-11-6-5-10(3)12(11)7-9(2)8-13/h9-11,13H,4-8H2,1-3H3. The predicted molar refractivity (Wildman–Crippen MR) is 55.7 cm³/mol. The molecule has 13 heavy (non-hydrogen) atoms. The second-order valence-electron chi connectivity index (χ2n) is 4.47. The Kier molecular flexibility index (Phi) is 4.20. The average Bonchev–Trinajstić information content (AvgIpc) is 2.48. The lowest BCUT2D eigenvalue weighted by atomic mass is 10.1. The molecule has 0 bridgehead atoms. The summed E-state index contributed by atoms with van der Waals surface area (Å²) in [7, 11) is 0. The van der Waals surface area contributed by atoms with Crippen molar-refractivity contribution in [3.8, 4) is 0 Å². The maximum absolute atomic E-state index is 9.01. The van der Waals surface area contributed by atoms with Crippen LogP contribution in [0, 0.1) is 5.92 Å². The molecule has 2 heteroatoms. The molecule has 0 aromatic heterocycles. The fraction of sp³-hybridized carbons (Fsp3) is 1.00. The van der Waals surface area contributed by atoms with Crippen molar-refractivity contribution in [3.63, 3.8) is 0 Å². The summed E-state index contributed by atoms with van der Waals surface area (Å²) in [6.45, 7) is 8.08. The van der Waals surface area contributed by atoms with Crippen molar-refractivity contribution in [2.24, 2.45) is 5.92 Å². The van der Waals surface area contributed by atoms with Gasteiger partial charge in [-0.15, -0.1) is 0 Å². The highest BCUT2D eigenvalue weighted by Crippen LogP contribution is 2.26. The van der Waals surface area contributed by atoms with E-state index in [4.69, 9.17) is 5.11 Å². The van der Waals surface area contributed by atoms with Crippen LogP contribution in [0.4, 0.5) is 0 Å². The van der Waals surface area contributed by atoms with Gasteiger partial charge in [-0.2, -0.15) is 0 Å². The van der Waals surface area contributed by atoms with E-state index in [1.54, 1.807) is 0 Å². The van der Waals surface area contributed by atoms with Gasteiger partial charge in [0.1, 0.15) is 0 Å². The van der Waals surface area contributed by atoms with E-state index in [0.29, 0.717) is 12.5 Å². The lowest BCUT2D eigenvalue weighted by Gasteiger charge is -2.29. The maximum Gasteiger partial charge on any atom is 0.0468 e. The molecule has 1 heterocycles. The highest BCUT2D eigenvalue weighted by atomic mass is 16.3. The highest BCUT2D eigenvalue weighted by Gasteiger charge is 2.29. The Hall–Kier alpha value is -0.0800. The molecular weight excluding hydrogens is 162 g/mol. The minimum Gasteiger partial charge on any atom is -0.396 e. The monoisotopic (exact) mass is 185 g/mol. The van der Waals surface area contributed by atoms with Crippen LogP contribution in [-0.2, 0) is 0 Å². The average molecular weight is 185 g/mol. The topological polar surface area (TPSA) is 23.5 Å². The molecule has 0 aromatic carbocycles. The van der Waals surface area contributed by atoms with Gasteiger partial charge in [-0.05, 0) is 32.1 Å². The number of hydrogen-bond acceptors (Lipinski definition) is 2. The maximum atomic E-state index is 9.01. The van der Waals surface area contributed by atoms with Gasteiger partial charge in [0.05, 0.1) is 0 Å². The Bertz CT molecular complexity index is 149. The number of likely N-dealkylation sites (tertiary alicyclic amines) is 1. The quantitative estimate of drug-likeness (QED) is 0.723. The SMILES string of the molecule is CCC1CCC(C)N1CC(C)CO. The number of nitrogens with zero attached hydrogens (tertiary/aromatic N) is 1. The van der Waals surface area contributed by atoms with Crippen molar-refractivity contribution in [3.05, 3.63) is 0 Å². The summed E-state index contributed by atoms with van der Waals surface area (Å²) in [5.41, 5.74) is 0. The molecule has 1 N–H and O–H groups in total. The molecule has 1 aliphatic rings. The molecule has 0 amide bonds. The zero-order valence-corrected chi connectivity index (χ0v) is 9.16. The summed E-state index contributed by atoms with van der Waals surface area (Å²) >= 11 is 0. The molecular formula is C11H23NO. The molecule has 1 saturated heterocycles. The Morgan fingerprint density at radius 1 is 1.46 bits per heavy atom. The first kappa shape index (κ1) is 11.0. The molecule has 0 aliphatic carbocycles. The molecule has 2 nitrogen and oxygen atoms in total. The van der Waals surface area contributed by atoms with Crippen LogP contribution in [0.3, 0.4) is 0 Å². The summed E-state index contributed by atoms with van der Waals surface area (Å²) in [4.78, 5) is 2.57. The molecule has 1 aliphatic heterocycles. The third kappa shape index (κ3) is 2.68. The zero-order valence-electron chi connectivity index (χ0n) is 9.16. The van der Waals surface area contributed by atoms with Crippen LogP contribution in [0.1, 0.15) is 40.0 Å².